The zero-order valence-corrected chi connectivity index (χ0v) is 11.3. The molecule has 2 aromatic rings. The Hall–Kier alpha value is -2.78. The van der Waals surface area contributed by atoms with Crippen LogP contribution < -0.4 is 4.74 Å². The molecule has 3 rings (SSSR count). The van der Waals surface area contributed by atoms with Crippen LogP contribution in [0.25, 0.3) is 0 Å². The van der Waals surface area contributed by atoms with Crippen molar-refractivity contribution in [3.05, 3.63) is 60.2 Å². The summed E-state index contributed by atoms with van der Waals surface area (Å²) in [6.45, 7) is 0.427. The molecular formula is C16H13N3O2. The summed E-state index contributed by atoms with van der Waals surface area (Å²) in [5, 5.41) is 8.55. The minimum Gasteiger partial charge on any atom is -0.493 e. The Labute approximate surface area is 122 Å². The fourth-order valence-corrected chi connectivity index (χ4v) is 2.31. The van der Waals surface area contributed by atoms with E-state index in [-0.39, 0.29) is 0 Å². The predicted molar refractivity (Wildman–Crippen MR) is 77.3 cm³/mol. The third-order valence-corrected chi connectivity index (χ3v) is 3.34. The first kappa shape index (κ1) is 13.2. The molecule has 5 heteroatoms. The maximum absolute atomic E-state index is 10.9. The monoisotopic (exact) mass is 279 g/mol. The highest BCUT2D eigenvalue weighted by Gasteiger charge is 2.38. The van der Waals surface area contributed by atoms with Crippen LogP contribution in [0, 0.1) is 0 Å². The first-order valence-electron chi connectivity index (χ1n) is 6.63. The molecule has 0 saturated heterocycles. The number of benzene rings is 2. The normalized spacial score (nSPS) is 20.4. The number of para-hydroxylation sites is 1. The zero-order valence-electron chi connectivity index (χ0n) is 11.3. The van der Waals surface area contributed by atoms with E-state index in [2.05, 4.69) is 15.2 Å². The fourth-order valence-electron chi connectivity index (χ4n) is 2.31. The third kappa shape index (κ3) is 2.59. The van der Waals surface area contributed by atoms with Gasteiger partial charge in [0.2, 0.25) is 11.7 Å². The second-order valence-corrected chi connectivity index (χ2v) is 4.65. The number of hydrogen-bond donors (Lipinski definition) is 0. The van der Waals surface area contributed by atoms with E-state index in [1.54, 1.807) is 6.08 Å². The Morgan fingerprint density at radius 1 is 1.05 bits per heavy atom. The maximum atomic E-state index is 10.9. The molecule has 0 saturated carbocycles. The number of nitrogens with zero attached hydrogens (tertiary/aromatic N) is 3. The molecule has 1 aliphatic heterocycles. The van der Waals surface area contributed by atoms with E-state index in [1.807, 2.05) is 54.6 Å². The topological polar surface area (TPSA) is 63.4 Å². The average molecular weight is 279 g/mol. The van der Waals surface area contributed by atoms with E-state index in [4.69, 9.17) is 4.74 Å². The zero-order chi connectivity index (χ0) is 14.5. The van der Waals surface area contributed by atoms with Crippen molar-refractivity contribution in [2.45, 2.75) is 12.1 Å². The number of aliphatic imine (C=N–C) groups is 1. The van der Waals surface area contributed by atoms with Crippen LogP contribution in [0.15, 0.2) is 69.8 Å². The summed E-state index contributed by atoms with van der Waals surface area (Å²) in [6, 6.07) is 16.8. The molecule has 104 valence electrons. The number of azo groups is 1. The molecule has 5 nitrogen and oxygen atoms in total. The molecule has 1 heterocycles. The summed E-state index contributed by atoms with van der Waals surface area (Å²) in [5.74, 6) is 0.676. The summed E-state index contributed by atoms with van der Waals surface area (Å²) >= 11 is 0. The van der Waals surface area contributed by atoms with Gasteiger partial charge < -0.3 is 4.74 Å². The lowest BCUT2D eigenvalue weighted by molar-refractivity contribution is 0.218. The molecule has 1 atom stereocenters. The van der Waals surface area contributed by atoms with Crippen molar-refractivity contribution in [3.63, 3.8) is 0 Å². The van der Waals surface area contributed by atoms with Gasteiger partial charge in [-0.1, -0.05) is 36.4 Å². The van der Waals surface area contributed by atoms with Gasteiger partial charge in [0.15, 0.2) is 0 Å². The van der Waals surface area contributed by atoms with Gasteiger partial charge in [0.1, 0.15) is 5.75 Å². The van der Waals surface area contributed by atoms with E-state index >= 15 is 0 Å². The Balaban J connectivity index is 2.06. The molecule has 2 aromatic carbocycles. The second-order valence-electron chi connectivity index (χ2n) is 4.65. The fraction of sp³-hybridized carbons (Fsp3) is 0.188. The smallest absolute Gasteiger partial charge is 0.237 e. The van der Waals surface area contributed by atoms with Gasteiger partial charge in [-0.05, 0) is 18.2 Å². The minimum atomic E-state index is -1.05. The molecule has 1 unspecified atom stereocenters. The van der Waals surface area contributed by atoms with E-state index in [0.717, 1.165) is 5.56 Å². The number of rotatable bonds is 3. The summed E-state index contributed by atoms with van der Waals surface area (Å²) in [7, 11) is 0. The summed E-state index contributed by atoms with van der Waals surface area (Å²) < 4.78 is 5.59. The molecule has 0 aliphatic carbocycles. The molecule has 0 radical (unpaired) electrons. The molecule has 1 aliphatic rings. The molecule has 21 heavy (non-hydrogen) atoms. The van der Waals surface area contributed by atoms with Crippen LogP contribution in [0.1, 0.15) is 12.0 Å². The van der Waals surface area contributed by atoms with E-state index in [0.29, 0.717) is 24.5 Å². The minimum absolute atomic E-state index is 0.427. The van der Waals surface area contributed by atoms with Crippen LogP contribution in [-0.4, -0.2) is 12.7 Å². The van der Waals surface area contributed by atoms with Gasteiger partial charge in [0.25, 0.3) is 0 Å². The van der Waals surface area contributed by atoms with Crippen molar-refractivity contribution in [1.82, 2.24) is 0 Å². The Kier molecular flexibility index (Phi) is 3.58. The van der Waals surface area contributed by atoms with Crippen LogP contribution >= 0.6 is 0 Å². The van der Waals surface area contributed by atoms with Crippen LogP contribution in [0.2, 0.25) is 0 Å². The largest absolute Gasteiger partial charge is 0.493 e. The SMILES string of the molecule is O=C=NC1(N=Nc2ccccc2)CCOc2ccccc21. The number of ether oxygens (including phenoxy) is 1. The molecule has 0 fully saturated rings. The lowest BCUT2D eigenvalue weighted by Gasteiger charge is -2.29. The highest BCUT2D eigenvalue weighted by atomic mass is 16.5. The highest BCUT2D eigenvalue weighted by Crippen LogP contribution is 2.41. The van der Waals surface area contributed by atoms with Gasteiger partial charge in [-0.15, -0.1) is 0 Å². The summed E-state index contributed by atoms with van der Waals surface area (Å²) in [4.78, 5) is 14.8. The standard InChI is InChI=1S/C16H13N3O2/c20-12-17-16(19-18-13-6-2-1-3-7-13)10-11-21-15-9-5-4-8-14(15)16/h1-9H,10-11H2. The van der Waals surface area contributed by atoms with E-state index in [1.165, 1.54) is 0 Å². The maximum Gasteiger partial charge on any atom is 0.237 e. The van der Waals surface area contributed by atoms with Gasteiger partial charge >= 0.3 is 0 Å². The van der Waals surface area contributed by atoms with Crippen LogP contribution in [0.4, 0.5) is 5.69 Å². The number of carbonyl (C=O) groups excluding carboxylic acids is 1. The van der Waals surface area contributed by atoms with E-state index < -0.39 is 5.66 Å². The molecule has 0 N–H and O–H groups in total. The quantitative estimate of drug-likeness (QED) is 0.488. The number of hydrogen-bond acceptors (Lipinski definition) is 5. The Morgan fingerprint density at radius 2 is 1.81 bits per heavy atom. The van der Waals surface area contributed by atoms with Crippen molar-refractivity contribution >= 4 is 11.8 Å². The van der Waals surface area contributed by atoms with Gasteiger partial charge in [0, 0.05) is 12.0 Å². The average Bonchev–Trinajstić information content (AvgIpc) is 2.55. The first-order valence-corrected chi connectivity index (χ1v) is 6.63. The second kappa shape index (κ2) is 5.69. The van der Waals surface area contributed by atoms with Crippen LogP contribution in [-0.2, 0) is 10.5 Å². The highest BCUT2D eigenvalue weighted by molar-refractivity contribution is 5.45. The van der Waals surface area contributed by atoms with Gasteiger partial charge in [-0.2, -0.15) is 15.2 Å². The predicted octanol–water partition coefficient (Wildman–Crippen LogP) is 3.74. The Bertz CT molecular complexity index is 708. The van der Waals surface area contributed by atoms with Crippen molar-refractivity contribution < 1.29 is 9.53 Å². The van der Waals surface area contributed by atoms with Crippen molar-refractivity contribution in [2.75, 3.05) is 6.61 Å². The van der Waals surface area contributed by atoms with Crippen LogP contribution in [0.5, 0.6) is 5.75 Å². The molecule has 0 amide bonds. The third-order valence-electron chi connectivity index (χ3n) is 3.34. The molecule has 0 aromatic heterocycles. The molecular weight excluding hydrogens is 266 g/mol. The summed E-state index contributed by atoms with van der Waals surface area (Å²) in [5.41, 5.74) is 0.396. The van der Waals surface area contributed by atoms with Crippen molar-refractivity contribution in [2.24, 2.45) is 15.2 Å². The summed E-state index contributed by atoms with van der Waals surface area (Å²) in [6.07, 6.45) is 2.08. The van der Waals surface area contributed by atoms with Gasteiger partial charge in [-0.25, -0.2) is 4.79 Å². The van der Waals surface area contributed by atoms with Gasteiger partial charge in [-0.3, -0.25) is 0 Å². The van der Waals surface area contributed by atoms with E-state index in [9.17, 15) is 4.79 Å². The lowest BCUT2D eigenvalue weighted by Crippen LogP contribution is -2.28. The first-order chi connectivity index (χ1) is 10.3. The molecule has 0 spiro atoms. The van der Waals surface area contributed by atoms with Crippen LogP contribution in [0.3, 0.4) is 0 Å². The number of fused-ring (bicyclic) bond motifs is 1. The van der Waals surface area contributed by atoms with Gasteiger partial charge in [0.05, 0.1) is 12.3 Å². The van der Waals surface area contributed by atoms with Crippen molar-refractivity contribution in [3.8, 4) is 5.75 Å². The number of isocyanates is 1. The van der Waals surface area contributed by atoms with Crippen molar-refractivity contribution in [1.29, 1.82) is 0 Å². The molecule has 0 bridgehead atoms. The lowest BCUT2D eigenvalue weighted by atomic mass is 9.94. The Morgan fingerprint density at radius 3 is 2.62 bits per heavy atom.